The number of fused-ring (bicyclic) bond motifs is 1. The summed E-state index contributed by atoms with van der Waals surface area (Å²) in [6.45, 7) is 2.01. The summed E-state index contributed by atoms with van der Waals surface area (Å²) in [5.74, 6) is -0.0928. The molecule has 1 aliphatic heterocycles. The summed E-state index contributed by atoms with van der Waals surface area (Å²) in [6.07, 6.45) is 0.282. The molecule has 22 heavy (non-hydrogen) atoms. The second kappa shape index (κ2) is 5.23. The molecule has 0 saturated carbocycles. The van der Waals surface area contributed by atoms with E-state index < -0.39 is 10.0 Å². The number of sulfonamides is 1. The predicted octanol–water partition coefficient (Wildman–Crippen LogP) is 2.38. The third-order valence-electron chi connectivity index (χ3n) is 3.82. The number of carbonyl (C=O) groups excluding carboxylic acids is 1. The molecule has 0 spiro atoms. The highest BCUT2D eigenvalue weighted by Gasteiger charge is 2.26. The van der Waals surface area contributed by atoms with Gasteiger partial charge in [-0.15, -0.1) is 0 Å². The SMILES string of the molecule is Cc1ccc(C2CC(=O)c3cc(S(N)(=O)=O)ccc3N2)cc1. The second-order valence-corrected chi connectivity index (χ2v) is 7.05. The number of hydrogen-bond donors (Lipinski definition) is 2. The van der Waals surface area contributed by atoms with Crippen LogP contribution in [0.3, 0.4) is 0 Å². The van der Waals surface area contributed by atoms with E-state index >= 15 is 0 Å². The first kappa shape index (κ1) is 14.7. The van der Waals surface area contributed by atoms with Crippen LogP contribution in [0.2, 0.25) is 0 Å². The summed E-state index contributed by atoms with van der Waals surface area (Å²) in [7, 11) is -3.81. The van der Waals surface area contributed by atoms with Gasteiger partial charge in [-0.2, -0.15) is 0 Å². The first-order valence-corrected chi connectivity index (χ1v) is 8.42. The molecule has 114 valence electrons. The number of nitrogens with one attached hydrogen (secondary N) is 1. The standard InChI is InChI=1S/C16H16N2O3S/c1-10-2-4-11(5-3-10)15-9-16(19)13-8-12(22(17,20)21)6-7-14(13)18-15/h2-8,15,18H,9H2,1H3,(H2,17,20,21). The summed E-state index contributed by atoms with van der Waals surface area (Å²) in [4.78, 5) is 12.3. The van der Waals surface area contributed by atoms with Gasteiger partial charge >= 0.3 is 0 Å². The number of anilines is 1. The number of rotatable bonds is 2. The molecular weight excluding hydrogens is 300 g/mol. The van der Waals surface area contributed by atoms with E-state index in [1.807, 2.05) is 31.2 Å². The van der Waals surface area contributed by atoms with Crippen LogP contribution in [0.5, 0.6) is 0 Å². The van der Waals surface area contributed by atoms with Gasteiger partial charge in [0.05, 0.1) is 10.9 Å². The Morgan fingerprint density at radius 1 is 1.14 bits per heavy atom. The van der Waals surface area contributed by atoms with Crippen molar-refractivity contribution in [1.82, 2.24) is 0 Å². The van der Waals surface area contributed by atoms with Crippen LogP contribution < -0.4 is 10.5 Å². The summed E-state index contributed by atoms with van der Waals surface area (Å²) >= 11 is 0. The van der Waals surface area contributed by atoms with Gasteiger partial charge in [-0.05, 0) is 30.7 Å². The molecule has 6 heteroatoms. The fraction of sp³-hybridized carbons (Fsp3) is 0.188. The van der Waals surface area contributed by atoms with Gasteiger partial charge < -0.3 is 5.32 Å². The van der Waals surface area contributed by atoms with Crippen molar-refractivity contribution in [3.63, 3.8) is 0 Å². The van der Waals surface area contributed by atoms with Crippen molar-refractivity contribution < 1.29 is 13.2 Å². The Bertz CT molecular complexity index is 842. The Labute approximate surface area is 129 Å². The first-order valence-electron chi connectivity index (χ1n) is 6.88. The summed E-state index contributed by atoms with van der Waals surface area (Å²) in [6, 6.07) is 12.2. The molecule has 5 nitrogen and oxygen atoms in total. The highest BCUT2D eigenvalue weighted by Crippen LogP contribution is 2.33. The van der Waals surface area contributed by atoms with Gasteiger partial charge in [-0.1, -0.05) is 29.8 Å². The van der Waals surface area contributed by atoms with Crippen molar-refractivity contribution in [2.45, 2.75) is 24.3 Å². The maximum absolute atomic E-state index is 12.3. The first-order chi connectivity index (χ1) is 10.3. The van der Waals surface area contributed by atoms with Gasteiger partial charge in [0, 0.05) is 17.7 Å². The number of ketones is 1. The van der Waals surface area contributed by atoms with Crippen molar-refractivity contribution >= 4 is 21.5 Å². The quantitative estimate of drug-likeness (QED) is 0.890. The molecule has 1 heterocycles. The third-order valence-corrected chi connectivity index (χ3v) is 4.73. The van der Waals surface area contributed by atoms with Crippen LogP contribution in [0.15, 0.2) is 47.4 Å². The summed E-state index contributed by atoms with van der Waals surface area (Å²) in [5, 5.41) is 8.39. The van der Waals surface area contributed by atoms with Crippen LogP contribution in [-0.4, -0.2) is 14.2 Å². The molecule has 0 fully saturated rings. The van der Waals surface area contributed by atoms with E-state index in [1.54, 1.807) is 6.07 Å². The van der Waals surface area contributed by atoms with Crippen molar-refractivity contribution in [2.75, 3.05) is 5.32 Å². The molecule has 0 amide bonds. The van der Waals surface area contributed by atoms with Gasteiger partial charge in [0.1, 0.15) is 0 Å². The monoisotopic (exact) mass is 316 g/mol. The third kappa shape index (κ3) is 2.75. The lowest BCUT2D eigenvalue weighted by Crippen LogP contribution is -2.23. The van der Waals surface area contributed by atoms with Crippen molar-refractivity contribution in [3.8, 4) is 0 Å². The molecule has 0 aromatic heterocycles. The molecule has 3 rings (SSSR count). The van der Waals surface area contributed by atoms with Gasteiger partial charge in [0.25, 0.3) is 0 Å². The maximum Gasteiger partial charge on any atom is 0.238 e. The van der Waals surface area contributed by atoms with Crippen LogP contribution in [0.25, 0.3) is 0 Å². The van der Waals surface area contributed by atoms with Gasteiger partial charge in [0.15, 0.2) is 5.78 Å². The molecule has 1 atom stereocenters. The van der Waals surface area contributed by atoms with E-state index in [0.29, 0.717) is 11.3 Å². The average molecular weight is 316 g/mol. The minimum Gasteiger partial charge on any atom is -0.377 e. The van der Waals surface area contributed by atoms with E-state index in [-0.39, 0.29) is 23.1 Å². The van der Waals surface area contributed by atoms with Crippen LogP contribution in [-0.2, 0) is 10.0 Å². The fourth-order valence-corrected chi connectivity index (χ4v) is 3.13. The smallest absolute Gasteiger partial charge is 0.238 e. The maximum atomic E-state index is 12.3. The molecule has 0 aliphatic carbocycles. The van der Waals surface area contributed by atoms with E-state index in [9.17, 15) is 13.2 Å². The normalized spacial score (nSPS) is 17.7. The minimum absolute atomic E-state index is 0.0461. The average Bonchev–Trinajstić information content (AvgIpc) is 2.46. The molecule has 0 bridgehead atoms. The Morgan fingerprint density at radius 2 is 1.82 bits per heavy atom. The molecule has 0 saturated heterocycles. The molecule has 2 aromatic rings. The number of primary sulfonamides is 1. The Morgan fingerprint density at radius 3 is 2.45 bits per heavy atom. The zero-order valence-electron chi connectivity index (χ0n) is 12.0. The number of carbonyl (C=O) groups is 1. The highest BCUT2D eigenvalue weighted by molar-refractivity contribution is 7.89. The van der Waals surface area contributed by atoms with Crippen LogP contribution in [0.1, 0.15) is 33.9 Å². The fourth-order valence-electron chi connectivity index (χ4n) is 2.59. The highest BCUT2D eigenvalue weighted by atomic mass is 32.2. The Hall–Kier alpha value is -2.18. The zero-order valence-corrected chi connectivity index (χ0v) is 12.9. The largest absolute Gasteiger partial charge is 0.377 e. The predicted molar refractivity (Wildman–Crippen MR) is 84.3 cm³/mol. The van der Waals surface area contributed by atoms with E-state index in [0.717, 1.165) is 11.1 Å². The molecule has 3 N–H and O–H groups in total. The lowest BCUT2D eigenvalue weighted by molar-refractivity contribution is 0.0972. The van der Waals surface area contributed by atoms with Gasteiger partial charge in [0.2, 0.25) is 10.0 Å². The minimum atomic E-state index is -3.81. The molecule has 1 unspecified atom stereocenters. The number of Topliss-reactive ketones (excluding diaryl/α,β-unsaturated/α-hetero) is 1. The number of hydrogen-bond acceptors (Lipinski definition) is 4. The molecule has 1 aliphatic rings. The lowest BCUT2D eigenvalue weighted by Gasteiger charge is -2.27. The van der Waals surface area contributed by atoms with Crippen molar-refractivity contribution in [3.05, 3.63) is 59.2 Å². The molecular formula is C16H16N2O3S. The second-order valence-electron chi connectivity index (χ2n) is 5.49. The molecule has 2 aromatic carbocycles. The Kier molecular flexibility index (Phi) is 3.50. The van der Waals surface area contributed by atoms with Crippen LogP contribution in [0.4, 0.5) is 5.69 Å². The number of aryl methyl sites for hydroxylation is 1. The van der Waals surface area contributed by atoms with Crippen molar-refractivity contribution in [2.24, 2.45) is 5.14 Å². The van der Waals surface area contributed by atoms with Gasteiger partial charge in [-0.3, -0.25) is 4.79 Å². The van der Waals surface area contributed by atoms with Crippen LogP contribution >= 0.6 is 0 Å². The molecule has 0 radical (unpaired) electrons. The Balaban J connectivity index is 1.97. The van der Waals surface area contributed by atoms with Crippen LogP contribution in [0, 0.1) is 6.92 Å². The number of nitrogens with two attached hydrogens (primary N) is 1. The topological polar surface area (TPSA) is 89.3 Å². The number of benzene rings is 2. The summed E-state index contributed by atoms with van der Waals surface area (Å²) in [5.41, 5.74) is 3.19. The summed E-state index contributed by atoms with van der Waals surface area (Å²) < 4.78 is 22.8. The van der Waals surface area contributed by atoms with Gasteiger partial charge in [-0.25, -0.2) is 13.6 Å². The van der Waals surface area contributed by atoms with Crippen molar-refractivity contribution in [1.29, 1.82) is 0 Å². The van der Waals surface area contributed by atoms with E-state index in [1.165, 1.54) is 12.1 Å². The van der Waals surface area contributed by atoms with E-state index in [2.05, 4.69) is 5.32 Å². The van der Waals surface area contributed by atoms with E-state index in [4.69, 9.17) is 5.14 Å². The zero-order chi connectivity index (χ0) is 15.9. The lowest BCUT2D eigenvalue weighted by atomic mass is 9.92.